The van der Waals surface area contributed by atoms with Crippen LogP contribution in [0.3, 0.4) is 0 Å². The first-order valence-corrected chi connectivity index (χ1v) is 10.6. The fourth-order valence-electron chi connectivity index (χ4n) is 5.68. The molecule has 0 N–H and O–H groups in total. The van der Waals surface area contributed by atoms with Crippen molar-refractivity contribution in [3.8, 4) is 22.4 Å². The molecule has 2 aromatic carbocycles. The van der Waals surface area contributed by atoms with Gasteiger partial charge in [-0.15, -0.1) is 0 Å². The molecule has 2 aliphatic carbocycles. The van der Waals surface area contributed by atoms with Crippen LogP contribution in [0, 0.1) is 0 Å². The van der Waals surface area contributed by atoms with Crippen LogP contribution >= 0.6 is 0 Å². The molecule has 6 aromatic rings. The average molecular weight is 396 g/mol. The fraction of sp³-hybridized carbons (Fsp3) is 0.0741. The van der Waals surface area contributed by atoms with E-state index in [4.69, 9.17) is 9.97 Å². The van der Waals surface area contributed by atoms with E-state index in [1.807, 2.05) is 24.5 Å². The van der Waals surface area contributed by atoms with Crippen molar-refractivity contribution in [2.75, 3.05) is 0 Å². The number of nitrogens with zero attached hydrogens (tertiary/aromatic N) is 4. The maximum absolute atomic E-state index is 5.19. The lowest BCUT2D eigenvalue weighted by atomic mass is 9.96. The third kappa shape index (κ3) is 1.84. The zero-order chi connectivity index (χ0) is 20.1. The molecule has 0 spiro atoms. The van der Waals surface area contributed by atoms with Gasteiger partial charge in [-0.05, 0) is 58.5 Å². The highest BCUT2D eigenvalue weighted by molar-refractivity contribution is 6.08. The van der Waals surface area contributed by atoms with Gasteiger partial charge in [0, 0.05) is 29.8 Å². The van der Waals surface area contributed by atoms with E-state index in [1.54, 1.807) is 0 Å². The van der Waals surface area contributed by atoms with Gasteiger partial charge < -0.3 is 0 Å². The summed E-state index contributed by atoms with van der Waals surface area (Å²) >= 11 is 0. The van der Waals surface area contributed by atoms with E-state index < -0.39 is 0 Å². The molecule has 0 radical (unpaired) electrons. The molecular formula is C27H16N4. The molecule has 0 bridgehead atoms. The topological polar surface area (TPSA) is 43.1 Å². The van der Waals surface area contributed by atoms with Crippen molar-refractivity contribution in [3.05, 3.63) is 95.4 Å². The van der Waals surface area contributed by atoms with Crippen LogP contribution < -0.4 is 0 Å². The molecule has 0 atom stereocenters. The SMILES string of the molecule is c1ccc2c(c1)Cc1ccc3c(c1-2)Cc1c-3nc2c3cccnc3c3ncccc3n12. The Bertz CT molecular complexity index is 1740. The van der Waals surface area contributed by atoms with Gasteiger partial charge in [-0.3, -0.25) is 14.4 Å². The van der Waals surface area contributed by atoms with Crippen molar-refractivity contribution in [1.29, 1.82) is 0 Å². The third-order valence-electron chi connectivity index (χ3n) is 6.94. The summed E-state index contributed by atoms with van der Waals surface area (Å²) in [6.45, 7) is 0. The van der Waals surface area contributed by atoms with Gasteiger partial charge in [-0.2, -0.15) is 0 Å². The van der Waals surface area contributed by atoms with Gasteiger partial charge in [0.1, 0.15) is 16.7 Å². The molecule has 0 fully saturated rings. The summed E-state index contributed by atoms with van der Waals surface area (Å²) in [5.41, 5.74) is 14.6. The molecule has 4 heterocycles. The smallest absolute Gasteiger partial charge is 0.147 e. The lowest BCUT2D eigenvalue weighted by molar-refractivity contribution is 1.09. The molecule has 0 saturated heterocycles. The van der Waals surface area contributed by atoms with Crippen LogP contribution in [-0.4, -0.2) is 19.4 Å². The third-order valence-corrected chi connectivity index (χ3v) is 6.94. The van der Waals surface area contributed by atoms with E-state index in [-0.39, 0.29) is 0 Å². The van der Waals surface area contributed by atoms with Crippen LogP contribution in [0.4, 0.5) is 0 Å². The second-order valence-electron chi connectivity index (χ2n) is 8.47. The zero-order valence-electron chi connectivity index (χ0n) is 16.6. The van der Waals surface area contributed by atoms with Crippen LogP contribution in [0.5, 0.6) is 0 Å². The van der Waals surface area contributed by atoms with E-state index in [9.17, 15) is 0 Å². The van der Waals surface area contributed by atoms with Crippen LogP contribution in [0.25, 0.3) is 50.0 Å². The van der Waals surface area contributed by atoms with Gasteiger partial charge in [0.2, 0.25) is 0 Å². The Morgan fingerprint density at radius 2 is 1.58 bits per heavy atom. The number of fused-ring (bicyclic) bond motifs is 14. The summed E-state index contributed by atoms with van der Waals surface area (Å²) in [5.74, 6) is 0. The molecule has 144 valence electrons. The summed E-state index contributed by atoms with van der Waals surface area (Å²) in [4.78, 5) is 14.5. The molecule has 4 nitrogen and oxygen atoms in total. The lowest BCUT2D eigenvalue weighted by Gasteiger charge is -2.11. The van der Waals surface area contributed by atoms with Crippen LogP contribution in [0.2, 0.25) is 0 Å². The Morgan fingerprint density at radius 3 is 2.55 bits per heavy atom. The minimum atomic E-state index is 0.888. The second kappa shape index (κ2) is 5.35. The summed E-state index contributed by atoms with van der Waals surface area (Å²) in [5, 5.41) is 1.05. The molecule has 8 rings (SSSR count). The highest BCUT2D eigenvalue weighted by Crippen LogP contribution is 2.48. The molecule has 0 saturated carbocycles. The number of aromatic nitrogens is 4. The highest BCUT2D eigenvalue weighted by atomic mass is 15.0. The van der Waals surface area contributed by atoms with Crippen molar-refractivity contribution in [2.24, 2.45) is 0 Å². The van der Waals surface area contributed by atoms with Gasteiger partial charge in [-0.25, -0.2) is 4.98 Å². The Balaban J connectivity index is 1.50. The summed E-state index contributed by atoms with van der Waals surface area (Å²) in [6.07, 6.45) is 5.59. The maximum Gasteiger partial charge on any atom is 0.147 e. The molecule has 0 unspecified atom stereocenters. The maximum atomic E-state index is 5.19. The first kappa shape index (κ1) is 15.7. The molecule has 4 heteroatoms. The number of benzene rings is 2. The predicted molar refractivity (Wildman–Crippen MR) is 122 cm³/mol. The summed E-state index contributed by atoms with van der Waals surface area (Å²) in [7, 11) is 0. The van der Waals surface area contributed by atoms with Crippen molar-refractivity contribution in [3.63, 3.8) is 0 Å². The first-order chi connectivity index (χ1) is 15.4. The number of imidazole rings is 1. The van der Waals surface area contributed by atoms with Crippen molar-refractivity contribution >= 4 is 27.6 Å². The molecule has 31 heavy (non-hydrogen) atoms. The molecular weight excluding hydrogens is 380 g/mol. The first-order valence-electron chi connectivity index (χ1n) is 10.6. The number of rotatable bonds is 0. The quantitative estimate of drug-likeness (QED) is 0.315. The van der Waals surface area contributed by atoms with Gasteiger partial charge >= 0.3 is 0 Å². The van der Waals surface area contributed by atoms with Crippen LogP contribution in [0.15, 0.2) is 73.1 Å². The Kier molecular flexibility index (Phi) is 2.72. The van der Waals surface area contributed by atoms with Crippen LogP contribution in [-0.2, 0) is 12.8 Å². The summed E-state index contributed by atoms with van der Waals surface area (Å²) < 4.78 is 2.31. The van der Waals surface area contributed by atoms with Gasteiger partial charge in [0.25, 0.3) is 0 Å². The van der Waals surface area contributed by atoms with Crippen molar-refractivity contribution in [2.45, 2.75) is 12.8 Å². The van der Waals surface area contributed by atoms with E-state index in [0.29, 0.717) is 0 Å². The van der Waals surface area contributed by atoms with Crippen molar-refractivity contribution < 1.29 is 0 Å². The second-order valence-corrected chi connectivity index (χ2v) is 8.47. The Morgan fingerprint density at radius 1 is 0.710 bits per heavy atom. The van der Waals surface area contributed by atoms with E-state index in [0.717, 1.165) is 46.1 Å². The monoisotopic (exact) mass is 396 g/mol. The number of hydrogen-bond donors (Lipinski definition) is 0. The minimum Gasteiger partial charge on any atom is -0.293 e. The number of hydrogen-bond acceptors (Lipinski definition) is 3. The normalized spacial score (nSPS) is 13.5. The van der Waals surface area contributed by atoms with Gasteiger partial charge in [0.15, 0.2) is 0 Å². The predicted octanol–water partition coefficient (Wildman–Crippen LogP) is 5.57. The van der Waals surface area contributed by atoms with E-state index in [2.05, 4.69) is 57.9 Å². The Hall–Kier alpha value is -4.05. The molecule has 0 aliphatic heterocycles. The molecule has 2 aliphatic rings. The van der Waals surface area contributed by atoms with Crippen molar-refractivity contribution in [1.82, 2.24) is 19.4 Å². The Labute approximate surface area is 177 Å². The largest absolute Gasteiger partial charge is 0.293 e. The zero-order valence-corrected chi connectivity index (χ0v) is 16.6. The molecule has 4 aromatic heterocycles. The van der Waals surface area contributed by atoms with Gasteiger partial charge in [0.05, 0.1) is 16.9 Å². The summed E-state index contributed by atoms with van der Waals surface area (Å²) in [6, 6.07) is 21.6. The standard InChI is InChI=1S/C27H16N4/c1-2-6-17-15(5-1)13-16-9-10-18-20(23(16)17)14-22-24(18)30-27-19-7-3-11-28-25(19)26-21(31(22)27)8-4-12-29-26/h1-12H,13-14H2. The highest BCUT2D eigenvalue weighted by Gasteiger charge is 2.32. The fourth-order valence-corrected chi connectivity index (χ4v) is 5.68. The molecule has 0 amide bonds. The average Bonchev–Trinajstić information content (AvgIpc) is 3.48. The van der Waals surface area contributed by atoms with Crippen LogP contribution in [0.1, 0.15) is 22.4 Å². The van der Waals surface area contributed by atoms with E-state index in [1.165, 1.54) is 39.1 Å². The minimum absolute atomic E-state index is 0.888. The lowest BCUT2D eigenvalue weighted by Crippen LogP contribution is -1.98. The van der Waals surface area contributed by atoms with E-state index >= 15 is 0 Å². The van der Waals surface area contributed by atoms with Gasteiger partial charge in [-0.1, -0.05) is 36.4 Å². The number of pyridine rings is 3.